The predicted molar refractivity (Wildman–Crippen MR) is 116 cm³/mol. The molecule has 1 aromatic heterocycles. The molecule has 2 aromatic rings. The zero-order valence-electron chi connectivity index (χ0n) is 19.3. The molecular formula is C25H30F3NO3. The largest absolute Gasteiger partial charge is 0.416 e. The minimum absolute atomic E-state index is 0.112. The number of rotatable bonds is 5. The van der Waals surface area contributed by atoms with Gasteiger partial charge in [0.1, 0.15) is 0 Å². The smallest absolute Gasteiger partial charge is 0.388 e. The molecule has 0 aliphatic heterocycles. The zero-order valence-corrected chi connectivity index (χ0v) is 19.3. The van der Waals surface area contributed by atoms with Gasteiger partial charge in [0, 0.05) is 23.9 Å². The molecule has 1 heterocycles. The maximum atomic E-state index is 13.6. The molecule has 1 N–H and O–H groups in total. The van der Waals surface area contributed by atoms with Gasteiger partial charge in [0.05, 0.1) is 29.0 Å². The first-order valence-corrected chi connectivity index (χ1v) is 10.8. The van der Waals surface area contributed by atoms with E-state index >= 15 is 0 Å². The molecule has 32 heavy (non-hydrogen) atoms. The van der Waals surface area contributed by atoms with Gasteiger partial charge in [-0.1, -0.05) is 39.8 Å². The van der Waals surface area contributed by atoms with Crippen LogP contribution in [0.5, 0.6) is 0 Å². The van der Waals surface area contributed by atoms with Crippen molar-refractivity contribution in [2.75, 3.05) is 7.11 Å². The Hall–Kier alpha value is -2.25. The summed E-state index contributed by atoms with van der Waals surface area (Å²) in [6, 6.07) is 4.20. The fourth-order valence-corrected chi connectivity index (χ4v) is 4.55. The highest BCUT2D eigenvalue weighted by Gasteiger charge is 2.38. The third-order valence-electron chi connectivity index (χ3n) is 6.12. The molecule has 0 spiro atoms. The van der Waals surface area contributed by atoms with Crippen LogP contribution in [0.3, 0.4) is 0 Å². The van der Waals surface area contributed by atoms with Crippen molar-refractivity contribution in [3.8, 4) is 0 Å². The van der Waals surface area contributed by atoms with Crippen LogP contribution in [0.15, 0.2) is 24.3 Å². The molecule has 7 heteroatoms. The molecule has 1 unspecified atom stereocenters. The SMILES string of the molecule is COC(C)c1nc2c(c(C(C)C)c1C(=O)c1ccc(C(F)(F)F)cc1)[C@@H](O)CC(C)(C)C2. The highest BCUT2D eigenvalue weighted by Crippen LogP contribution is 2.45. The number of halogens is 3. The first kappa shape index (κ1) is 24.4. The highest BCUT2D eigenvalue weighted by molar-refractivity contribution is 6.11. The number of nitrogens with zero attached hydrogens (tertiary/aromatic N) is 1. The van der Waals surface area contributed by atoms with Gasteiger partial charge < -0.3 is 9.84 Å². The Kier molecular flexibility index (Phi) is 6.55. The van der Waals surface area contributed by atoms with Crippen LogP contribution in [0.1, 0.15) is 103 Å². The van der Waals surface area contributed by atoms with Crippen molar-refractivity contribution < 1.29 is 27.8 Å². The van der Waals surface area contributed by atoms with E-state index in [0.717, 1.165) is 17.8 Å². The molecule has 1 aromatic carbocycles. The fraction of sp³-hybridized carbons (Fsp3) is 0.520. The Balaban J connectivity index is 2.26. The summed E-state index contributed by atoms with van der Waals surface area (Å²) in [7, 11) is 1.52. The van der Waals surface area contributed by atoms with Gasteiger partial charge in [0.15, 0.2) is 5.78 Å². The zero-order chi connectivity index (χ0) is 24.0. The average molecular weight is 450 g/mol. The van der Waals surface area contributed by atoms with Crippen LogP contribution in [-0.4, -0.2) is 23.0 Å². The van der Waals surface area contributed by atoms with E-state index in [4.69, 9.17) is 9.72 Å². The number of pyridine rings is 1. The molecule has 174 valence electrons. The number of hydrogen-bond donors (Lipinski definition) is 1. The summed E-state index contributed by atoms with van der Waals surface area (Å²) in [5, 5.41) is 11.0. The van der Waals surface area contributed by atoms with E-state index in [1.165, 1.54) is 19.2 Å². The van der Waals surface area contributed by atoms with E-state index in [2.05, 4.69) is 13.8 Å². The molecule has 0 amide bonds. The third-order valence-corrected chi connectivity index (χ3v) is 6.12. The van der Waals surface area contributed by atoms with Crippen LogP contribution in [-0.2, 0) is 17.3 Å². The van der Waals surface area contributed by atoms with Gasteiger partial charge >= 0.3 is 6.18 Å². The number of aliphatic hydroxyl groups excluding tert-OH is 1. The lowest BCUT2D eigenvalue weighted by atomic mass is 9.71. The van der Waals surface area contributed by atoms with E-state index in [1.807, 2.05) is 13.8 Å². The highest BCUT2D eigenvalue weighted by atomic mass is 19.4. The van der Waals surface area contributed by atoms with E-state index in [-0.39, 0.29) is 16.9 Å². The molecule has 1 aliphatic rings. The molecule has 4 nitrogen and oxygen atoms in total. The number of fused-ring (bicyclic) bond motifs is 1. The quantitative estimate of drug-likeness (QED) is 0.555. The Labute approximate surface area is 186 Å². The van der Waals surface area contributed by atoms with Gasteiger partial charge in [-0.3, -0.25) is 9.78 Å². The standard InChI is InChI=1S/C25H30F3NO3/c1-13(2)19-20-17(11-24(4,5)12-18(20)30)29-22(14(3)32-6)21(19)23(31)15-7-9-16(10-8-15)25(26,27)28/h7-10,13-14,18,30H,11-12H2,1-6H3/t14?,18-/m0/s1. The molecule has 2 atom stereocenters. The van der Waals surface area contributed by atoms with Gasteiger partial charge in [-0.05, 0) is 48.8 Å². The normalized spacial score (nSPS) is 19.0. The number of alkyl halides is 3. The van der Waals surface area contributed by atoms with Crippen LogP contribution in [0.2, 0.25) is 0 Å². The predicted octanol–water partition coefficient (Wildman–Crippen LogP) is 6.17. The van der Waals surface area contributed by atoms with Crippen LogP contribution in [0.4, 0.5) is 13.2 Å². The minimum atomic E-state index is -4.48. The summed E-state index contributed by atoms with van der Waals surface area (Å²) in [6.07, 6.45) is -4.57. The van der Waals surface area contributed by atoms with Gasteiger partial charge in [-0.25, -0.2) is 0 Å². The number of carbonyl (C=O) groups is 1. The molecule has 3 rings (SSSR count). The average Bonchev–Trinajstić information content (AvgIpc) is 2.69. The lowest BCUT2D eigenvalue weighted by Gasteiger charge is -2.37. The van der Waals surface area contributed by atoms with E-state index in [1.54, 1.807) is 6.92 Å². The topological polar surface area (TPSA) is 59.4 Å². The van der Waals surface area contributed by atoms with Crippen LogP contribution >= 0.6 is 0 Å². The van der Waals surface area contributed by atoms with E-state index in [0.29, 0.717) is 35.2 Å². The number of ketones is 1. The molecule has 0 fully saturated rings. The first-order valence-electron chi connectivity index (χ1n) is 10.8. The molecule has 0 saturated heterocycles. The van der Waals surface area contributed by atoms with Crippen molar-refractivity contribution in [2.45, 2.75) is 71.8 Å². The molecule has 0 radical (unpaired) electrons. The lowest BCUT2D eigenvalue weighted by molar-refractivity contribution is -0.137. The molecule has 1 aliphatic carbocycles. The molecule has 0 bridgehead atoms. The van der Waals surface area contributed by atoms with Crippen molar-refractivity contribution in [2.24, 2.45) is 5.41 Å². The lowest BCUT2D eigenvalue weighted by Crippen LogP contribution is -2.30. The maximum absolute atomic E-state index is 13.6. The monoisotopic (exact) mass is 449 g/mol. The second-order valence-corrected chi connectivity index (χ2v) is 9.64. The summed E-state index contributed by atoms with van der Waals surface area (Å²) in [6.45, 7) is 9.79. The number of benzene rings is 1. The van der Waals surface area contributed by atoms with Crippen molar-refractivity contribution in [3.05, 3.63) is 63.5 Å². The summed E-state index contributed by atoms with van der Waals surface area (Å²) >= 11 is 0. The maximum Gasteiger partial charge on any atom is 0.416 e. The second kappa shape index (κ2) is 8.60. The van der Waals surface area contributed by atoms with Crippen molar-refractivity contribution in [1.29, 1.82) is 0 Å². The second-order valence-electron chi connectivity index (χ2n) is 9.64. The van der Waals surface area contributed by atoms with Crippen LogP contribution < -0.4 is 0 Å². The third kappa shape index (κ3) is 4.59. The number of aliphatic hydroxyl groups is 1. The number of methoxy groups -OCH3 is 1. The Morgan fingerprint density at radius 3 is 2.28 bits per heavy atom. The van der Waals surface area contributed by atoms with E-state index < -0.39 is 29.7 Å². The molecular weight excluding hydrogens is 419 g/mol. The Morgan fingerprint density at radius 2 is 1.78 bits per heavy atom. The summed E-state index contributed by atoms with van der Waals surface area (Å²) in [5.41, 5.74) is 2.04. The Bertz CT molecular complexity index is 1010. The Morgan fingerprint density at radius 1 is 1.19 bits per heavy atom. The van der Waals surface area contributed by atoms with Crippen molar-refractivity contribution >= 4 is 5.78 Å². The van der Waals surface area contributed by atoms with Gasteiger partial charge in [-0.2, -0.15) is 13.2 Å². The van der Waals surface area contributed by atoms with E-state index in [9.17, 15) is 23.1 Å². The number of hydrogen-bond acceptors (Lipinski definition) is 4. The minimum Gasteiger partial charge on any atom is -0.388 e. The van der Waals surface area contributed by atoms with Gasteiger partial charge in [0.2, 0.25) is 0 Å². The number of aromatic nitrogens is 1. The van der Waals surface area contributed by atoms with Gasteiger partial charge in [-0.15, -0.1) is 0 Å². The van der Waals surface area contributed by atoms with Crippen molar-refractivity contribution in [1.82, 2.24) is 4.98 Å². The van der Waals surface area contributed by atoms with Crippen LogP contribution in [0.25, 0.3) is 0 Å². The number of ether oxygens (including phenoxy) is 1. The fourth-order valence-electron chi connectivity index (χ4n) is 4.55. The summed E-state index contributed by atoms with van der Waals surface area (Å²) in [5.74, 6) is -0.535. The summed E-state index contributed by atoms with van der Waals surface area (Å²) < 4.78 is 44.5. The summed E-state index contributed by atoms with van der Waals surface area (Å²) in [4.78, 5) is 18.4. The van der Waals surface area contributed by atoms with Crippen LogP contribution in [0, 0.1) is 5.41 Å². The number of carbonyl (C=O) groups excluding carboxylic acids is 1. The molecule has 0 saturated carbocycles. The first-order chi connectivity index (χ1) is 14.8. The van der Waals surface area contributed by atoms with Gasteiger partial charge in [0.25, 0.3) is 0 Å². The van der Waals surface area contributed by atoms with Crippen molar-refractivity contribution in [3.63, 3.8) is 0 Å².